The Labute approximate surface area is 150 Å². The summed E-state index contributed by atoms with van der Waals surface area (Å²) in [5.41, 5.74) is 3.10. The van der Waals surface area contributed by atoms with Crippen LogP contribution in [0.4, 0.5) is 8.78 Å². The minimum Gasteiger partial charge on any atom is -0.349 e. The van der Waals surface area contributed by atoms with E-state index in [-0.39, 0.29) is 12.0 Å². The Morgan fingerprint density at radius 1 is 1.25 bits per heavy atom. The van der Waals surface area contributed by atoms with Gasteiger partial charge in [0.05, 0.1) is 4.60 Å². The average Bonchev–Trinajstić information content (AvgIpc) is 2.81. The molecule has 1 aromatic carbocycles. The zero-order chi connectivity index (χ0) is 17.5. The number of rotatable bonds is 3. The van der Waals surface area contributed by atoms with Crippen LogP contribution < -0.4 is 0 Å². The van der Waals surface area contributed by atoms with Gasteiger partial charge in [0.25, 0.3) is 0 Å². The highest BCUT2D eigenvalue weighted by Crippen LogP contribution is 2.35. The number of piperidine rings is 1. The van der Waals surface area contributed by atoms with Gasteiger partial charge in [-0.05, 0) is 91.8 Å². The molecule has 24 heavy (non-hydrogen) atoms. The summed E-state index contributed by atoms with van der Waals surface area (Å²) in [7, 11) is 0. The van der Waals surface area contributed by atoms with Gasteiger partial charge in [0, 0.05) is 22.9 Å². The molecule has 0 spiro atoms. The molecule has 2 aromatic rings. The van der Waals surface area contributed by atoms with Crippen LogP contribution in [0.15, 0.2) is 22.8 Å². The fraction of sp³-hybridized carbons (Fsp3) is 0.579. The summed E-state index contributed by atoms with van der Waals surface area (Å²) in [5, 5.41) is 0.929. The molecule has 1 aromatic heterocycles. The Bertz CT molecular complexity index is 710. The van der Waals surface area contributed by atoms with Gasteiger partial charge in [-0.25, -0.2) is 8.78 Å². The molecule has 1 fully saturated rings. The molecular weight excluding hydrogens is 374 g/mol. The molecule has 0 unspecified atom stereocenters. The van der Waals surface area contributed by atoms with E-state index in [0.717, 1.165) is 36.8 Å². The van der Waals surface area contributed by atoms with E-state index in [4.69, 9.17) is 0 Å². The minimum absolute atomic E-state index is 0.213. The van der Waals surface area contributed by atoms with Crippen molar-refractivity contribution >= 4 is 26.8 Å². The van der Waals surface area contributed by atoms with Crippen LogP contribution in [-0.4, -0.2) is 34.9 Å². The van der Waals surface area contributed by atoms with Crippen LogP contribution in [-0.2, 0) is 6.42 Å². The predicted octanol–water partition coefficient (Wildman–Crippen LogP) is 5.72. The van der Waals surface area contributed by atoms with Crippen LogP contribution in [0.5, 0.6) is 0 Å². The van der Waals surface area contributed by atoms with Crippen molar-refractivity contribution in [2.24, 2.45) is 0 Å². The normalized spacial score (nSPS) is 18.0. The Morgan fingerprint density at radius 3 is 2.50 bits per heavy atom. The Balaban J connectivity index is 1.83. The first kappa shape index (κ1) is 17.9. The van der Waals surface area contributed by atoms with Crippen molar-refractivity contribution in [2.45, 2.75) is 57.9 Å². The van der Waals surface area contributed by atoms with Gasteiger partial charge in [-0.2, -0.15) is 0 Å². The molecule has 0 amide bonds. The summed E-state index contributed by atoms with van der Waals surface area (Å²) >= 11 is 3.39. The monoisotopic (exact) mass is 398 g/mol. The molecule has 0 atom stereocenters. The Kier molecular flexibility index (Phi) is 5.03. The number of benzene rings is 1. The fourth-order valence-electron chi connectivity index (χ4n) is 3.72. The van der Waals surface area contributed by atoms with Crippen LogP contribution in [0.1, 0.15) is 50.7 Å². The molecular formula is C19H25BrF2N2. The van der Waals surface area contributed by atoms with Crippen molar-refractivity contribution in [1.29, 1.82) is 0 Å². The lowest BCUT2D eigenvalue weighted by Gasteiger charge is -2.41. The molecule has 2 nitrogen and oxygen atoms in total. The largest absolute Gasteiger partial charge is 0.349 e. The zero-order valence-corrected chi connectivity index (χ0v) is 16.1. The first-order valence-electron chi connectivity index (χ1n) is 8.59. The third-order valence-electron chi connectivity index (χ3n) is 5.15. The molecule has 1 aliphatic rings. The lowest BCUT2D eigenvalue weighted by molar-refractivity contribution is 0.102. The summed E-state index contributed by atoms with van der Waals surface area (Å²) in [6.45, 7) is 8.95. The molecule has 0 saturated carbocycles. The number of alkyl halides is 2. The van der Waals surface area contributed by atoms with Crippen LogP contribution in [0.25, 0.3) is 10.9 Å². The number of hydrogen-bond acceptors (Lipinski definition) is 1. The second-order valence-electron chi connectivity index (χ2n) is 7.75. The number of aromatic nitrogens is 1. The van der Waals surface area contributed by atoms with E-state index < -0.39 is 6.43 Å². The second-order valence-corrected chi connectivity index (χ2v) is 8.54. The standard InChI is InChI=1S/C19H25BrF2N2/c1-19(2,3)24-8-6-12(7-9-24)13-4-5-16-14(10-13)15(11-17(21)22)18(20)23-16/h4-5,10,12,17,23H,6-9,11H2,1-3H3. The summed E-state index contributed by atoms with van der Waals surface area (Å²) in [4.78, 5) is 5.69. The van der Waals surface area contributed by atoms with Crippen LogP contribution >= 0.6 is 15.9 Å². The molecule has 1 N–H and O–H groups in total. The number of fused-ring (bicyclic) bond motifs is 1. The molecule has 5 heteroatoms. The summed E-state index contributed by atoms with van der Waals surface area (Å²) < 4.78 is 26.4. The maximum atomic E-state index is 12.9. The summed E-state index contributed by atoms with van der Waals surface area (Å²) in [6, 6.07) is 6.29. The average molecular weight is 399 g/mol. The van der Waals surface area contributed by atoms with E-state index in [0.29, 0.717) is 16.1 Å². The highest BCUT2D eigenvalue weighted by atomic mass is 79.9. The highest BCUT2D eigenvalue weighted by molar-refractivity contribution is 9.10. The number of nitrogens with one attached hydrogen (secondary N) is 1. The Morgan fingerprint density at radius 2 is 1.92 bits per heavy atom. The van der Waals surface area contributed by atoms with Gasteiger partial charge in [0.2, 0.25) is 6.43 Å². The number of nitrogens with zero attached hydrogens (tertiary/aromatic N) is 1. The van der Waals surface area contributed by atoms with E-state index in [1.54, 1.807) is 0 Å². The molecule has 0 bridgehead atoms. The molecule has 2 heterocycles. The lowest BCUT2D eigenvalue weighted by atomic mass is 9.87. The maximum absolute atomic E-state index is 12.9. The lowest BCUT2D eigenvalue weighted by Crippen LogP contribution is -2.45. The zero-order valence-electron chi connectivity index (χ0n) is 14.5. The van der Waals surface area contributed by atoms with E-state index in [1.165, 1.54) is 5.56 Å². The number of hydrogen-bond donors (Lipinski definition) is 1. The molecule has 0 radical (unpaired) electrons. The van der Waals surface area contributed by atoms with Gasteiger partial charge >= 0.3 is 0 Å². The first-order valence-corrected chi connectivity index (χ1v) is 9.38. The van der Waals surface area contributed by atoms with Crippen LogP contribution in [0, 0.1) is 0 Å². The number of likely N-dealkylation sites (tertiary alicyclic amines) is 1. The second kappa shape index (κ2) is 6.75. The SMILES string of the molecule is CC(C)(C)N1CCC(c2ccc3[nH]c(Br)c(CC(F)F)c3c2)CC1. The minimum atomic E-state index is -2.33. The Hall–Kier alpha value is -0.940. The van der Waals surface area contributed by atoms with Crippen molar-refractivity contribution < 1.29 is 8.78 Å². The van der Waals surface area contributed by atoms with E-state index in [1.807, 2.05) is 6.07 Å². The smallest absolute Gasteiger partial charge is 0.242 e. The van der Waals surface area contributed by atoms with Crippen molar-refractivity contribution in [3.8, 4) is 0 Å². The highest BCUT2D eigenvalue weighted by Gasteiger charge is 2.28. The maximum Gasteiger partial charge on any atom is 0.242 e. The number of aromatic amines is 1. The number of H-pyrrole nitrogens is 1. The summed E-state index contributed by atoms with van der Waals surface area (Å²) in [6.07, 6.45) is -0.303. The predicted molar refractivity (Wildman–Crippen MR) is 99.0 cm³/mol. The molecule has 3 rings (SSSR count). The van der Waals surface area contributed by atoms with E-state index in [2.05, 4.69) is 58.7 Å². The van der Waals surface area contributed by atoms with Crippen molar-refractivity contribution in [3.63, 3.8) is 0 Å². The van der Waals surface area contributed by atoms with Crippen molar-refractivity contribution in [3.05, 3.63) is 33.9 Å². The van der Waals surface area contributed by atoms with Crippen LogP contribution in [0.3, 0.4) is 0 Å². The van der Waals surface area contributed by atoms with Gasteiger partial charge in [0.1, 0.15) is 0 Å². The van der Waals surface area contributed by atoms with Gasteiger partial charge < -0.3 is 4.98 Å². The van der Waals surface area contributed by atoms with Gasteiger partial charge in [-0.3, -0.25) is 4.90 Å². The molecule has 1 saturated heterocycles. The quantitative estimate of drug-likeness (QED) is 0.700. The third kappa shape index (κ3) is 3.67. The molecule has 132 valence electrons. The number of halogens is 3. The fourth-order valence-corrected chi connectivity index (χ4v) is 4.31. The van der Waals surface area contributed by atoms with Gasteiger partial charge in [0.15, 0.2) is 0 Å². The molecule has 0 aliphatic carbocycles. The third-order valence-corrected chi connectivity index (χ3v) is 5.83. The van der Waals surface area contributed by atoms with Crippen LogP contribution in [0.2, 0.25) is 0 Å². The van der Waals surface area contributed by atoms with Gasteiger partial charge in [-0.15, -0.1) is 0 Å². The topological polar surface area (TPSA) is 19.0 Å². The summed E-state index contributed by atoms with van der Waals surface area (Å²) in [5.74, 6) is 0.515. The van der Waals surface area contributed by atoms with E-state index >= 15 is 0 Å². The van der Waals surface area contributed by atoms with Crippen molar-refractivity contribution in [1.82, 2.24) is 9.88 Å². The van der Waals surface area contributed by atoms with E-state index in [9.17, 15) is 8.78 Å². The first-order chi connectivity index (χ1) is 11.3. The van der Waals surface area contributed by atoms with Crippen molar-refractivity contribution in [2.75, 3.05) is 13.1 Å². The molecule has 1 aliphatic heterocycles. The van der Waals surface area contributed by atoms with Gasteiger partial charge in [-0.1, -0.05) is 6.07 Å².